The Morgan fingerprint density at radius 3 is 2.28 bits per heavy atom. The third-order valence-electron chi connectivity index (χ3n) is 2.13. The van der Waals surface area contributed by atoms with Gasteiger partial charge in [-0.3, -0.25) is 4.79 Å². The van der Waals surface area contributed by atoms with Crippen molar-refractivity contribution in [3.63, 3.8) is 0 Å². The second-order valence-corrected chi connectivity index (χ2v) is 5.06. The molecule has 110 valence electrons. The van der Waals surface area contributed by atoms with Gasteiger partial charge in [-0.2, -0.15) is 0 Å². The molecule has 0 bridgehead atoms. The van der Waals surface area contributed by atoms with Crippen LogP contribution in [-0.4, -0.2) is 43.5 Å². The summed E-state index contributed by atoms with van der Waals surface area (Å²) in [6.07, 6.45) is 1.31. The van der Waals surface area contributed by atoms with Crippen molar-refractivity contribution in [2.75, 3.05) is 26.9 Å². The zero-order chi connectivity index (χ0) is 14.6. The molecule has 0 aliphatic carbocycles. The SMILES string of the molecule is CC(C)CCOC(C)(C)COCCC(N)=O.CO. The fourth-order valence-electron chi connectivity index (χ4n) is 1.10. The number of hydrogen-bond acceptors (Lipinski definition) is 4. The van der Waals surface area contributed by atoms with Gasteiger partial charge in [0.05, 0.1) is 18.8 Å². The maximum Gasteiger partial charge on any atom is 0.219 e. The molecule has 0 unspecified atom stereocenters. The highest BCUT2D eigenvalue weighted by Gasteiger charge is 2.18. The van der Waals surface area contributed by atoms with Crippen LogP contribution in [0.3, 0.4) is 0 Å². The average molecular weight is 263 g/mol. The molecule has 0 atom stereocenters. The second kappa shape index (κ2) is 11.4. The fraction of sp³-hybridized carbons (Fsp3) is 0.923. The predicted molar refractivity (Wildman–Crippen MR) is 72.3 cm³/mol. The van der Waals surface area contributed by atoms with Crippen LogP contribution in [0.2, 0.25) is 0 Å². The highest BCUT2D eigenvalue weighted by Crippen LogP contribution is 2.12. The zero-order valence-electron chi connectivity index (χ0n) is 12.4. The summed E-state index contributed by atoms with van der Waals surface area (Å²) in [6.45, 7) is 9.89. The van der Waals surface area contributed by atoms with Crippen molar-refractivity contribution in [3.05, 3.63) is 0 Å². The molecule has 0 rings (SSSR count). The molecule has 0 aromatic heterocycles. The van der Waals surface area contributed by atoms with E-state index >= 15 is 0 Å². The molecule has 18 heavy (non-hydrogen) atoms. The van der Waals surface area contributed by atoms with E-state index in [1.54, 1.807) is 0 Å². The third kappa shape index (κ3) is 15.4. The Hall–Kier alpha value is -0.650. The first kappa shape index (κ1) is 19.7. The summed E-state index contributed by atoms with van der Waals surface area (Å²) in [5, 5.41) is 7.00. The lowest BCUT2D eigenvalue weighted by molar-refractivity contribution is -0.120. The van der Waals surface area contributed by atoms with Gasteiger partial charge in [0, 0.05) is 20.1 Å². The minimum absolute atomic E-state index is 0.266. The lowest BCUT2D eigenvalue weighted by Crippen LogP contribution is -2.32. The average Bonchev–Trinajstić information content (AvgIpc) is 2.26. The molecular weight excluding hydrogens is 234 g/mol. The maximum atomic E-state index is 10.5. The van der Waals surface area contributed by atoms with Gasteiger partial charge in [-0.1, -0.05) is 13.8 Å². The number of carbonyl (C=O) groups excluding carboxylic acids is 1. The summed E-state index contributed by atoms with van der Waals surface area (Å²) in [4.78, 5) is 10.5. The van der Waals surface area contributed by atoms with Gasteiger partial charge in [0.1, 0.15) is 0 Å². The minimum atomic E-state index is -0.335. The van der Waals surface area contributed by atoms with Gasteiger partial charge in [0.2, 0.25) is 5.91 Å². The van der Waals surface area contributed by atoms with Gasteiger partial charge in [-0.05, 0) is 26.2 Å². The van der Waals surface area contributed by atoms with Gasteiger partial charge < -0.3 is 20.3 Å². The first-order chi connectivity index (χ1) is 8.33. The number of aliphatic hydroxyl groups is 1. The second-order valence-electron chi connectivity index (χ2n) is 5.06. The molecule has 0 aliphatic rings. The molecule has 0 radical (unpaired) electrons. The van der Waals surface area contributed by atoms with Gasteiger partial charge in [-0.15, -0.1) is 0 Å². The number of aliphatic hydroxyl groups excluding tert-OH is 1. The van der Waals surface area contributed by atoms with Crippen LogP contribution in [0.15, 0.2) is 0 Å². The molecule has 0 saturated heterocycles. The Bertz CT molecular complexity index is 205. The highest BCUT2D eigenvalue weighted by molar-refractivity contribution is 5.73. The van der Waals surface area contributed by atoms with E-state index in [2.05, 4.69) is 13.8 Å². The summed E-state index contributed by atoms with van der Waals surface area (Å²) < 4.78 is 11.0. The van der Waals surface area contributed by atoms with Crippen molar-refractivity contribution in [1.29, 1.82) is 0 Å². The van der Waals surface area contributed by atoms with Crippen molar-refractivity contribution in [1.82, 2.24) is 0 Å². The van der Waals surface area contributed by atoms with E-state index in [1.165, 1.54) is 0 Å². The molecule has 0 spiro atoms. The van der Waals surface area contributed by atoms with Crippen LogP contribution < -0.4 is 5.73 Å². The molecule has 0 heterocycles. The number of primary amides is 1. The van der Waals surface area contributed by atoms with Gasteiger partial charge in [0.25, 0.3) is 0 Å². The van der Waals surface area contributed by atoms with E-state index in [4.69, 9.17) is 20.3 Å². The molecule has 0 fully saturated rings. The first-order valence-corrected chi connectivity index (χ1v) is 6.28. The van der Waals surface area contributed by atoms with Crippen molar-refractivity contribution < 1.29 is 19.4 Å². The number of rotatable bonds is 9. The number of nitrogens with two attached hydrogens (primary N) is 1. The summed E-state index contributed by atoms with van der Waals surface area (Å²) in [6, 6.07) is 0. The van der Waals surface area contributed by atoms with Crippen LogP contribution in [0.5, 0.6) is 0 Å². The van der Waals surface area contributed by atoms with Crippen LogP contribution in [0.25, 0.3) is 0 Å². The Labute approximate surface area is 111 Å². The summed E-state index contributed by atoms with van der Waals surface area (Å²) >= 11 is 0. The summed E-state index contributed by atoms with van der Waals surface area (Å²) in [5.41, 5.74) is 4.71. The predicted octanol–water partition coefficient (Wildman–Crippen LogP) is 1.33. The van der Waals surface area contributed by atoms with E-state index in [-0.39, 0.29) is 17.9 Å². The van der Waals surface area contributed by atoms with E-state index in [0.717, 1.165) is 20.1 Å². The van der Waals surface area contributed by atoms with E-state index in [9.17, 15) is 4.79 Å². The minimum Gasteiger partial charge on any atom is -0.400 e. The summed E-state index contributed by atoms with van der Waals surface area (Å²) in [7, 11) is 1.00. The normalized spacial score (nSPS) is 11.1. The van der Waals surface area contributed by atoms with Crippen LogP contribution in [0.1, 0.15) is 40.5 Å². The van der Waals surface area contributed by atoms with Crippen molar-refractivity contribution >= 4 is 5.91 Å². The smallest absolute Gasteiger partial charge is 0.219 e. The van der Waals surface area contributed by atoms with Gasteiger partial charge in [-0.25, -0.2) is 0 Å². The molecule has 5 nitrogen and oxygen atoms in total. The lowest BCUT2D eigenvalue weighted by atomic mass is 10.1. The van der Waals surface area contributed by atoms with Crippen molar-refractivity contribution in [2.45, 2.75) is 46.1 Å². The third-order valence-corrected chi connectivity index (χ3v) is 2.13. The Morgan fingerprint density at radius 1 is 1.28 bits per heavy atom. The zero-order valence-corrected chi connectivity index (χ0v) is 12.4. The number of carbonyl (C=O) groups is 1. The lowest BCUT2D eigenvalue weighted by Gasteiger charge is -2.25. The van der Waals surface area contributed by atoms with E-state index < -0.39 is 0 Å². The number of ether oxygens (including phenoxy) is 2. The summed E-state index contributed by atoms with van der Waals surface area (Å²) in [5.74, 6) is 0.310. The Morgan fingerprint density at radius 2 is 1.83 bits per heavy atom. The van der Waals surface area contributed by atoms with Crippen LogP contribution >= 0.6 is 0 Å². The number of amides is 1. The van der Waals surface area contributed by atoms with Crippen LogP contribution in [-0.2, 0) is 14.3 Å². The highest BCUT2D eigenvalue weighted by atomic mass is 16.5. The number of hydrogen-bond donors (Lipinski definition) is 2. The van der Waals surface area contributed by atoms with Crippen molar-refractivity contribution in [3.8, 4) is 0 Å². The standard InChI is InChI=1S/C12H25NO3.CH4O/c1-10(2)5-8-16-12(3,4)9-15-7-6-11(13)14;1-2/h10H,5-9H2,1-4H3,(H2,13,14);2H,1H3. The molecule has 0 aliphatic heterocycles. The Balaban J connectivity index is 0. The molecular formula is C13H29NO4. The first-order valence-electron chi connectivity index (χ1n) is 6.28. The monoisotopic (exact) mass is 263 g/mol. The molecule has 5 heteroatoms. The van der Waals surface area contributed by atoms with Crippen molar-refractivity contribution in [2.24, 2.45) is 11.7 Å². The Kier molecular flexibility index (Phi) is 12.5. The van der Waals surface area contributed by atoms with E-state index in [0.29, 0.717) is 19.1 Å². The maximum absolute atomic E-state index is 10.5. The van der Waals surface area contributed by atoms with E-state index in [1.807, 2.05) is 13.8 Å². The quantitative estimate of drug-likeness (QED) is 0.615. The molecule has 1 amide bonds. The van der Waals surface area contributed by atoms with Gasteiger partial charge in [0.15, 0.2) is 0 Å². The van der Waals surface area contributed by atoms with Crippen LogP contribution in [0.4, 0.5) is 0 Å². The molecule has 3 N–H and O–H groups in total. The molecule has 0 aromatic carbocycles. The molecule has 0 aromatic rings. The topological polar surface area (TPSA) is 81.8 Å². The largest absolute Gasteiger partial charge is 0.400 e. The van der Waals surface area contributed by atoms with Gasteiger partial charge >= 0.3 is 0 Å². The molecule has 0 saturated carbocycles. The van der Waals surface area contributed by atoms with Crippen LogP contribution in [0, 0.1) is 5.92 Å². The fourth-order valence-corrected chi connectivity index (χ4v) is 1.10.